The first-order valence-electron chi connectivity index (χ1n) is 17.6. The number of fused-ring (bicyclic) bond motifs is 1. The van der Waals surface area contributed by atoms with E-state index >= 15 is 0 Å². The van der Waals surface area contributed by atoms with Gasteiger partial charge in [0, 0.05) is 47.3 Å². The molecule has 1 aromatic heterocycles. The number of halogens is 1. The third-order valence-corrected chi connectivity index (χ3v) is 9.06. The molecule has 1 unspecified atom stereocenters. The van der Waals surface area contributed by atoms with Gasteiger partial charge in [0.1, 0.15) is 11.3 Å². The van der Waals surface area contributed by atoms with E-state index in [9.17, 15) is 19.2 Å². The number of hydrogen-bond donors (Lipinski definition) is 2. The molecule has 0 aliphatic carbocycles. The Morgan fingerprint density at radius 1 is 0.938 bits per heavy atom. The number of unbranched alkanes of at least 4 members (excludes halogenated alkanes) is 10. The smallest absolute Gasteiger partial charge is 0.354 e. The Morgan fingerprint density at radius 3 is 2.31 bits per heavy atom. The van der Waals surface area contributed by atoms with Crippen LogP contribution in [0.25, 0.3) is 22.1 Å². The second-order valence-electron chi connectivity index (χ2n) is 12.7. The molecule has 2 heterocycles. The van der Waals surface area contributed by atoms with E-state index in [2.05, 4.69) is 17.6 Å². The first-order valence-corrected chi connectivity index (χ1v) is 17.9. The molecule has 1 aliphatic rings. The monoisotopic (exact) mass is 680 g/mol. The van der Waals surface area contributed by atoms with Crippen LogP contribution in [0.4, 0.5) is 5.69 Å². The van der Waals surface area contributed by atoms with Crippen LogP contribution in [-0.4, -0.2) is 37.0 Å². The molecule has 0 spiro atoms. The Balaban J connectivity index is 1.29. The molecule has 1 saturated heterocycles. The summed E-state index contributed by atoms with van der Waals surface area (Å²) in [5.41, 5.74) is 1.38. The van der Waals surface area contributed by atoms with Gasteiger partial charge in [-0.2, -0.15) is 0 Å². The van der Waals surface area contributed by atoms with Gasteiger partial charge in [0.05, 0.1) is 10.9 Å². The number of carbonyl (C=O) groups excluding carboxylic acids is 3. The van der Waals surface area contributed by atoms with Gasteiger partial charge in [-0.1, -0.05) is 88.8 Å². The lowest BCUT2D eigenvalue weighted by molar-refractivity contribution is -0.167. The van der Waals surface area contributed by atoms with Crippen LogP contribution in [0, 0.1) is 5.92 Å². The maximum absolute atomic E-state index is 12.6. The predicted octanol–water partition coefficient (Wildman–Crippen LogP) is 8.59. The fourth-order valence-electron chi connectivity index (χ4n) is 5.99. The van der Waals surface area contributed by atoms with Crippen molar-refractivity contribution in [2.24, 2.45) is 5.92 Å². The summed E-state index contributed by atoms with van der Waals surface area (Å²) < 4.78 is 16.2. The summed E-state index contributed by atoms with van der Waals surface area (Å²) in [6, 6.07) is 11.4. The van der Waals surface area contributed by atoms with Gasteiger partial charge in [-0.15, -0.1) is 0 Å². The normalized spacial score (nSPS) is 15.2. The second-order valence-corrected chi connectivity index (χ2v) is 13.1. The van der Waals surface area contributed by atoms with Crippen LogP contribution in [0.5, 0.6) is 5.75 Å². The van der Waals surface area contributed by atoms with Crippen molar-refractivity contribution in [3.63, 3.8) is 0 Å². The number of ether oxygens (including phenoxy) is 2. The van der Waals surface area contributed by atoms with Crippen molar-refractivity contribution in [2.75, 3.05) is 18.4 Å². The summed E-state index contributed by atoms with van der Waals surface area (Å²) in [4.78, 5) is 50.0. The quantitative estimate of drug-likeness (QED) is 0.0593. The molecule has 2 N–H and O–H groups in total. The van der Waals surface area contributed by atoms with Crippen LogP contribution in [-0.2, 0) is 19.1 Å². The average molecular weight is 681 g/mol. The van der Waals surface area contributed by atoms with Crippen molar-refractivity contribution in [3.05, 3.63) is 57.9 Å². The maximum Gasteiger partial charge on any atom is 0.354 e. The van der Waals surface area contributed by atoms with Crippen LogP contribution >= 0.6 is 11.6 Å². The number of esters is 2. The lowest BCUT2D eigenvalue weighted by Crippen LogP contribution is -2.38. The Kier molecular flexibility index (Phi) is 15.0. The van der Waals surface area contributed by atoms with E-state index in [0.29, 0.717) is 46.6 Å². The number of nitrogens with one attached hydrogen (secondary N) is 2. The van der Waals surface area contributed by atoms with Gasteiger partial charge in [-0.3, -0.25) is 9.59 Å². The third kappa shape index (κ3) is 11.5. The molecule has 48 heavy (non-hydrogen) atoms. The minimum atomic E-state index is -1.06. The van der Waals surface area contributed by atoms with Crippen molar-refractivity contribution in [1.29, 1.82) is 0 Å². The Morgan fingerprint density at radius 2 is 1.65 bits per heavy atom. The van der Waals surface area contributed by atoms with Crippen LogP contribution in [0.15, 0.2) is 51.7 Å². The number of piperidine rings is 1. The number of anilines is 1. The lowest BCUT2D eigenvalue weighted by atomic mass is 10.0. The summed E-state index contributed by atoms with van der Waals surface area (Å²) in [5, 5.41) is 7.02. The van der Waals surface area contributed by atoms with Gasteiger partial charge in [0.15, 0.2) is 6.10 Å². The second kappa shape index (κ2) is 19.3. The Labute approximate surface area is 288 Å². The predicted molar refractivity (Wildman–Crippen MR) is 189 cm³/mol. The number of carbonyl (C=O) groups is 3. The Hall–Kier alpha value is -3.69. The van der Waals surface area contributed by atoms with Crippen molar-refractivity contribution in [2.45, 2.75) is 110 Å². The first-order chi connectivity index (χ1) is 23.2. The van der Waals surface area contributed by atoms with Gasteiger partial charge in [0.25, 0.3) is 0 Å². The zero-order chi connectivity index (χ0) is 34.3. The van der Waals surface area contributed by atoms with E-state index in [1.54, 1.807) is 30.3 Å². The highest BCUT2D eigenvalue weighted by molar-refractivity contribution is 6.34. The molecule has 2 aromatic carbocycles. The van der Waals surface area contributed by atoms with Crippen molar-refractivity contribution < 1.29 is 28.3 Å². The van der Waals surface area contributed by atoms with Gasteiger partial charge >= 0.3 is 17.6 Å². The fourth-order valence-corrected chi connectivity index (χ4v) is 6.28. The van der Waals surface area contributed by atoms with Gasteiger partial charge < -0.3 is 24.5 Å². The zero-order valence-corrected chi connectivity index (χ0v) is 29.0. The SMILES string of the molecule is CCCCCCCCCCCCCC(=O)Nc1ccc(-c2cc(=O)oc3cc(O[C@H](C)C(=O)OC(=O)C4CCCNC4)ccc23)c(Cl)c1. The highest BCUT2D eigenvalue weighted by atomic mass is 35.5. The zero-order valence-electron chi connectivity index (χ0n) is 28.2. The molecule has 0 bridgehead atoms. The summed E-state index contributed by atoms with van der Waals surface area (Å²) in [7, 11) is 0. The van der Waals surface area contributed by atoms with E-state index in [1.807, 2.05) is 0 Å². The van der Waals surface area contributed by atoms with E-state index in [4.69, 9.17) is 25.5 Å². The largest absolute Gasteiger partial charge is 0.479 e. The number of benzene rings is 2. The molecule has 9 nitrogen and oxygen atoms in total. The molecule has 0 radical (unpaired) electrons. The van der Waals surface area contributed by atoms with Crippen LogP contribution in [0.2, 0.25) is 5.02 Å². The fraction of sp³-hybridized carbons (Fsp3) is 0.526. The van der Waals surface area contributed by atoms with Crippen LogP contribution in [0.1, 0.15) is 104 Å². The van der Waals surface area contributed by atoms with Crippen molar-refractivity contribution in [1.82, 2.24) is 5.32 Å². The highest BCUT2D eigenvalue weighted by Gasteiger charge is 2.27. The number of rotatable bonds is 18. The highest BCUT2D eigenvalue weighted by Crippen LogP contribution is 2.35. The summed E-state index contributed by atoms with van der Waals surface area (Å²) in [6.45, 7) is 5.05. The van der Waals surface area contributed by atoms with Crippen molar-refractivity contribution in [3.8, 4) is 16.9 Å². The molecular formula is C38H49ClN2O7. The van der Waals surface area contributed by atoms with Crippen LogP contribution < -0.4 is 21.0 Å². The first kappa shape index (κ1) is 37.1. The molecule has 1 fully saturated rings. The molecule has 260 valence electrons. The molecule has 1 aliphatic heterocycles. The van der Waals surface area contributed by atoms with Gasteiger partial charge in [0.2, 0.25) is 5.91 Å². The van der Waals surface area contributed by atoms with E-state index in [-0.39, 0.29) is 23.2 Å². The number of hydrogen-bond acceptors (Lipinski definition) is 8. The van der Waals surface area contributed by atoms with E-state index in [0.717, 1.165) is 32.2 Å². The molecule has 10 heteroatoms. The topological polar surface area (TPSA) is 124 Å². The molecule has 1 amide bonds. The van der Waals surface area contributed by atoms with E-state index < -0.39 is 23.7 Å². The molecule has 2 atom stereocenters. The summed E-state index contributed by atoms with van der Waals surface area (Å²) >= 11 is 6.66. The van der Waals surface area contributed by atoms with Gasteiger partial charge in [-0.05, 0) is 57.0 Å². The van der Waals surface area contributed by atoms with E-state index in [1.165, 1.54) is 70.4 Å². The lowest BCUT2D eigenvalue weighted by Gasteiger charge is -2.21. The Bertz CT molecular complexity index is 1580. The molecule has 0 saturated carbocycles. The third-order valence-electron chi connectivity index (χ3n) is 8.74. The standard InChI is InChI=1S/C38H49ClN2O7/c1-3-4-5-6-7-8-9-10-11-12-13-16-35(42)41-28-17-19-30(33(39)22-28)32-24-36(43)47-34-23-29(18-20-31(32)34)46-26(2)37(44)48-38(45)27-15-14-21-40-25-27/h17-20,22-24,26-27,40H,3-16,21,25H2,1-2H3,(H,41,42)/t26-,27?/m1/s1. The average Bonchev–Trinajstić information content (AvgIpc) is 3.07. The minimum Gasteiger partial charge on any atom is -0.479 e. The van der Waals surface area contributed by atoms with Crippen LogP contribution in [0.3, 0.4) is 0 Å². The maximum atomic E-state index is 12.6. The molecule has 4 rings (SSSR count). The summed E-state index contributed by atoms with van der Waals surface area (Å²) in [6.07, 6.45) is 14.4. The van der Waals surface area contributed by atoms with Crippen molar-refractivity contribution >= 4 is 46.1 Å². The molecule has 3 aromatic rings. The minimum absolute atomic E-state index is 0.0541. The number of amides is 1. The molecular weight excluding hydrogens is 632 g/mol. The van der Waals surface area contributed by atoms with Gasteiger partial charge in [-0.25, -0.2) is 9.59 Å². The summed E-state index contributed by atoms with van der Waals surface area (Å²) in [5.74, 6) is -1.51.